The van der Waals surface area contributed by atoms with E-state index in [0.29, 0.717) is 17.9 Å². The van der Waals surface area contributed by atoms with Crippen LogP contribution < -0.4 is 20.1 Å². The maximum Gasteiger partial charge on any atom is 0.319 e. The molecule has 10 nitrogen and oxygen atoms in total. The van der Waals surface area contributed by atoms with Gasteiger partial charge in [0.1, 0.15) is 17.6 Å². The number of ether oxygens (including phenoxy) is 2. The molecule has 11 heteroatoms. The average molecular weight is 715 g/mol. The lowest BCUT2D eigenvalue weighted by Gasteiger charge is -2.34. The summed E-state index contributed by atoms with van der Waals surface area (Å²) < 4.78 is 21.3. The summed E-state index contributed by atoms with van der Waals surface area (Å²) in [5, 5.41) is 15.4. The zero-order valence-corrected chi connectivity index (χ0v) is 34.3. The van der Waals surface area contributed by atoms with E-state index in [1.807, 2.05) is 55.0 Å². The number of pyridine rings is 1. The fourth-order valence-electron chi connectivity index (χ4n) is 6.36. The largest absolute Gasteiger partial charge is 0.494 e. The molecule has 2 aromatic carbocycles. The Morgan fingerprint density at radius 2 is 1.61 bits per heavy atom. The lowest BCUT2D eigenvalue weighted by Crippen LogP contribution is -2.37. The molecule has 0 saturated heterocycles. The quantitative estimate of drug-likeness (QED) is 0.160. The second kappa shape index (κ2) is 14.2. The number of nitrogens with one attached hydrogen (secondary N) is 2. The van der Waals surface area contributed by atoms with Gasteiger partial charge in [-0.05, 0) is 106 Å². The highest BCUT2D eigenvalue weighted by molar-refractivity contribution is 6.31. The zero-order chi connectivity index (χ0) is 37.5. The van der Waals surface area contributed by atoms with Crippen LogP contribution in [0.2, 0.25) is 5.04 Å². The first-order chi connectivity index (χ1) is 23.7. The number of rotatable bonds is 10. The number of benzene rings is 2. The third kappa shape index (κ3) is 8.42. The van der Waals surface area contributed by atoms with Crippen molar-refractivity contribution in [2.45, 2.75) is 116 Å². The first-order valence-corrected chi connectivity index (χ1v) is 19.2. The van der Waals surface area contributed by atoms with Gasteiger partial charge in [0, 0.05) is 5.56 Å². The van der Waals surface area contributed by atoms with E-state index in [4.69, 9.17) is 13.9 Å². The second-order valence-electron chi connectivity index (χ2n) is 17.2. The smallest absolute Gasteiger partial charge is 0.319 e. The Morgan fingerprint density at radius 1 is 0.922 bits per heavy atom. The standard InChI is InChI=1S/C40H58N6O4Si/c1-37(2,3)25-22-29(40(9,10)50-51-38(4,5)6)34(48-13)31(23-25)42-36(47)41-30-19-20-32(28-17-15-14-16-27(28)30)49-26-18-21-33-43-44-35(46(33)24-26)39(7,8)45(11)12/h14-18,21-24,30,32H,19-20,51H2,1-13H3,(H2,41,42,47)/t30-,32+/m0/s1. The van der Waals surface area contributed by atoms with Crippen molar-refractivity contribution in [3.63, 3.8) is 0 Å². The molecule has 2 heterocycles. The zero-order valence-electron chi connectivity index (χ0n) is 32.9. The number of fused-ring (bicyclic) bond motifs is 2. The van der Waals surface area contributed by atoms with E-state index in [1.165, 1.54) is 0 Å². The van der Waals surface area contributed by atoms with Crippen molar-refractivity contribution in [3.05, 3.63) is 82.8 Å². The van der Waals surface area contributed by atoms with Gasteiger partial charge < -0.3 is 24.5 Å². The van der Waals surface area contributed by atoms with Crippen molar-refractivity contribution in [2.24, 2.45) is 0 Å². The molecule has 2 atom stereocenters. The summed E-state index contributed by atoms with van der Waals surface area (Å²) in [6, 6.07) is 15.8. The predicted molar refractivity (Wildman–Crippen MR) is 208 cm³/mol. The summed E-state index contributed by atoms with van der Waals surface area (Å²) in [6.45, 7) is 21.6. The lowest BCUT2D eigenvalue weighted by molar-refractivity contribution is 0.106. The third-order valence-electron chi connectivity index (χ3n) is 9.98. The molecular weight excluding hydrogens is 657 g/mol. The van der Waals surface area contributed by atoms with Crippen LogP contribution in [-0.2, 0) is 21.0 Å². The molecule has 2 amide bonds. The van der Waals surface area contributed by atoms with Gasteiger partial charge in [0.25, 0.3) is 0 Å². The van der Waals surface area contributed by atoms with Crippen LogP contribution in [0, 0.1) is 0 Å². The highest BCUT2D eigenvalue weighted by atomic mass is 28.2. The van der Waals surface area contributed by atoms with E-state index in [9.17, 15) is 4.79 Å². The number of hydrogen-bond donors (Lipinski definition) is 2. The summed E-state index contributed by atoms with van der Waals surface area (Å²) in [5.41, 5.74) is 4.42. The SMILES string of the molecule is COc1c(NC(=O)N[C@H]2CC[C@@H](Oc3ccc4nnc(C(C)(C)N(C)C)n4c3)c3ccccc32)cc(C(C)(C)C)cc1C(C)(C)O[SiH2]C(C)(C)C. The van der Waals surface area contributed by atoms with Crippen LogP contribution in [-0.4, -0.2) is 56.5 Å². The molecule has 0 unspecified atom stereocenters. The predicted octanol–water partition coefficient (Wildman–Crippen LogP) is 8.16. The van der Waals surface area contributed by atoms with Gasteiger partial charge in [-0.25, -0.2) is 4.79 Å². The second-order valence-corrected chi connectivity index (χ2v) is 19.9. The van der Waals surface area contributed by atoms with E-state index in [0.717, 1.165) is 45.9 Å². The van der Waals surface area contributed by atoms with E-state index in [1.54, 1.807) is 7.11 Å². The van der Waals surface area contributed by atoms with Gasteiger partial charge in [-0.2, -0.15) is 0 Å². The van der Waals surface area contributed by atoms with Gasteiger partial charge in [0.2, 0.25) is 0 Å². The average Bonchev–Trinajstić information content (AvgIpc) is 3.48. The fraction of sp³-hybridized carbons (Fsp3) is 0.525. The van der Waals surface area contributed by atoms with E-state index >= 15 is 0 Å². The summed E-state index contributed by atoms with van der Waals surface area (Å²) >= 11 is 0. The van der Waals surface area contributed by atoms with Gasteiger partial charge in [0.05, 0.1) is 36.2 Å². The van der Waals surface area contributed by atoms with Crippen LogP contribution in [0.3, 0.4) is 0 Å². The maximum absolute atomic E-state index is 13.8. The Labute approximate surface area is 306 Å². The minimum Gasteiger partial charge on any atom is -0.494 e. The fourth-order valence-corrected chi connectivity index (χ4v) is 7.31. The normalized spacial score (nSPS) is 17.2. The van der Waals surface area contributed by atoms with Crippen LogP contribution >= 0.6 is 0 Å². The van der Waals surface area contributed by atoms with Crippen LogP contribution in [0.15, 0.2) is 54.7 Å². The Hall–Kier alpha value is -3.93. The first kappa shape index (κ1) is 38.3. The Balaban J connectivity index is 1.38. The molecule has 2 N–H and O–H groups in total. The highest BCUT2D eigenvalue weighted by Gasteiger charge is 2.34. The van der Waals surface area contributed by atoms with Crippen LogP contribution in [0.25, 0.3) is 5.65 Å². The number of aromatic nitrogens is 3. The molecule has 0 bridgehead atoms. The van der Waals surface area contributed by atoms with Gasteiger partial charge in [0.15, 0.2) is 21.2 Å². The number of nitrogens with zero attached hydrogens (tertiary/aromatic N) is 4. The molecule has 0 fully saturated rings. The minimum atomic E-state index is -0.864. The van der Waals surface area contributed by atoms with Crippen molar-refractivity contribution >= 4 is 27.1 Å². The van der Waals surface area contributed by atoms with Gasteiger partial charge in [-0.3, -0.25) is 9.30 Å². The lowest BCUT2D eigenvalue weighted by atomic mass is 9.83. The molecule has 0 radical (unpaired) electrons. The summed E-state index contributed by atoms with van der Waals surface area (Å²) in [6.07, 6.45) is 3.24. The van der Waals surface area contributed by atoms with Crippen molar-refractivity contribution in [1.82, 2.24) is 24.8 Å². The number of hydrogen-bond acceptors (Lipinski definition) is 7. The number of amides is 2. The van der Waals surface area contributed by atoms with Crippen LogP contribution in [0.4, 0.5) is 10.5 Å². The summed E-state index contributed by atoms with van der Waals surface area (Å²) in [7, 11) is 4.86. The Morgan fingerprint density at radius 3 is 2.24 bits per heavy atom. The molecular formula is C40H58N6O4Si. The first-order valence-electron chi connectivity index (χ1n) is 17.9. The van der Waals surface area contributed by atoms with E-state index < -0.39 is 15.4 Å². The Bertz CT molecular complexity index is 1870. The minimum absolute atomic E-state index is 0.130. The van der Waals surface area contributed by atoms with E-state index in [2.05, 4.69) is 113 Å². The number of urea groups is 1. The molecule has 276 valence electrons. The monoisotopic (exact) mass is 714 g/mol. The topological polar surface area (TPSA) is 102 Å². The van der Waals surface area contributed by atoms with Crippen molar-refractivity contribution in [3.8, 4) is 11.5 Å². The van der Waals surface area contributed by atoms with E-state index in [-0.39, 0.29) is 34.2 Å². The summed E-state index contributed by atoms with van der Waals surface area (Å²) in [5.74, 6) is 2.19. The van der Waals surface area contributed by atoms with Crippen molar-refractivity contribution < 1.29 is 18.7 Å². The molecule has 0 spiro atoms. The van der Waals surface area contributed by atoms with Gasteiger partial charge in [-0.15, -0.1) is 10.2 Å². The highest BCUT2D eigenvalue weighted by Crippen LogP contribution is 2.43. The molecule has 1 aliphatic carbocycles. The molecule has 2 aromatic heterocycles. The maximum atomic E-state index is 13.8. The molecule has 1 aliphatic rings. The molecule has 0 saturated carbocycles. The number of carbonyl (C=O) groups excluding carboxylic acids is 1. The molecule has 4 aromatic rings. The third-order valence-corrected chi connectivity index (χ3v) is 11.7. The van der Waals surface area contributed by atoms with Crippen molar-refractivity contribution in [2.75, 3.05) is 26.5 Å². The van der Waals surface area contributed by atoms with Gasteiger partial charge >= 0.3 is 6.03 Å². The van der Waals surface area contributed by atoms with Gasteiger partial charge in [-0.1, -0.05) is 65.8 Å². The molecule has 51 heavy (non-hydrogen) atoms. The molecule has 5 rings (SSSR count). The summed E-state index contributed by atoms with van der Waals surface area (Å²) in [4.78, 5) is 15.9. The van der Waals surface area contributed by atoms with Crippen molar-refractivity contribution in [1.29, 1.82) is 0 Å². The van der Waals surface area contributed by atoms with Crippen LogP contribution in [0.5, 0.6) is 11.5 Å². The Kier molecular flexibility index (Phi) is 10.7. The number of anilines is 1. The number of carbonyl (C=O) groups is 1. The number of methoxy groups -OCH3 is 1. The van der Waals surface area contributed by atoms with Crippen LogP contribution in [0.1, 0.15) is 122 Å². The molecule has 0 aliphatic heterocycles.